The maximum atomic E-state index is 14.3. The first kappa shape index (κ1) is 33.3. The van der Waals surface area contributed by atoms with Crippen molar-refractivity contribution in [1.29, 1.82) is 0 Å². The summed E-state index contributed by atoms with van der Waals surface area (Å²) in [4.78, 5) is 44.7. The Morgan fingerprint density at radius 1 is 0.929 bits per heavy atom. The number of ether oxygens (including phenoxy) is 1. The van der Waals surface area contributed by atoms with E-state index in [4.69, 9.17) is 10.5 Å². The highest BCUT2D eigenvalue weighted by molar-refractivity contribution is 5.96. The molecule has 2 aromatic rings. The second kappa shape index (κ2) is 15.3. The predicted molar refractivity (Wildman–Crippen MR) is 164 cm³/mol. The largest absolute Gasteiger partial charge is 0.444 e. The number of carbonyl (C=O) groups is 3. The molecule has 0 spiro atoms. The summed E-state index contributed by atoms with van der Waals surface area (Å²) >= 11 is 0. The van der Waals surface area contributed by atoms with E-state index in [9.17, 15) is 19.5 Å². The number of imide groups is 1. The Morgan fingerprint density at radius 2 is 1.48 bits per heavy atom. The van der Waals surface area contributed by atoms with E-state index < -0.39 is 35.9 Å². The molecule has 1 aliphatic carbocycles. The van der Waals surface area contributed by atoms with Gasteiger partial charge in [0.05, 0.1) is 12.1 Å². The van der Waals surface area contributed by atoms with Crippen LogP contribution in [0.5, 0.6) is 0 Å². The SMILES string of the molecule is CC(C)[C@H](N)C(=O)N(C(=O)OCc1ccccc1)[C@H]([C@H](O)CCc1ccccc1)N(C(=O)C1CCCCC1)C(C)(C)C. The number of aryl methyl sites for hydroxylation is 1. The molecule has 1 aliphatic rings. The van der Waals surface area contributed by atoms with Crippen molar-refractivity contribution in [1.82, 2.24) is 9.80 Å². The van der Waals surface area contributed by atoms with E-state index in [1.807, 2.05) is 81.4 Å². The summed E-state index contributed by atoms with van der Waals surface area (Å²) in [6.07, 6.45) is 1.64. The van der Waals surface area contributed by atoms with Crippen LogP contribution in [-0.4, -0.2) is 56.7 Å². The molecule has 2 aromatic carbocycles. The lowest BCUT2D eigenvalue weighted by Crippen LogP contribution is -2.68. The zero-order valence-electron chi connectivity index (χ0n) is 25.9. The van der Waals surface area contributed by atoms with E-state index in [-0.39, 0.29) is 30.8 Å². The fourth-order valence-corrected chi connectivity index (χ4v) is 5.53. The molecule has 0 saturated heterocycles. The molecule has 8 heteroatoms. The lowest BCUT2D eigenvalue weighted by atomic mass is 9.86. The molecular weight excluding hydrogens is 530 g/mol. The number of rotatable bonds is 11. The molecule has 0 radical (unpaired) electrons. The summed E-state index contributed by atoms with van der Waals surface area (Å²) in [6.45, 7) is 9.12. The van der Waals surface area contributed by atoms with Gasteiger partial charge in [-0.15, -0.1) is 0 Å². The van der Waals surface area contributed by atoms with Gasteiger partial charge in [-0.1, -0.05) is 93.8 Å². The van der Waals surface area contributed by atoms with Gasteiger partial charge < -0.3 is 20.5 Å². The number of aliphatic hydroxyl groups excluding tert-OH is 1. The molecule has 42 heavy (non-hydrogen) atoms. The molecule has 0 aromatic heterocycles. The number of amides is 3. The van der Waals surface area contributed by atoms with Gasteiger partial charge in [-0.3, -0.25) is 9.59 Å². The van der Waals surface area contributed by atoms with Gasteiger partial charge in [0, 0.05) is 11.5 Å². The number of nitrogens with zero attached hydrogens (tertiary/aromatic N) is 2. The van der Waals surface area contributed by atoms with E-state index in [0.717, 1.165) is 48.1 Å². The van der Waals surface area contributed by atoms with Gasteiger partial charge in [-0.25, -0.2) is 9.69 Å². The van der Waals surface area contributed by atoms with Crippen LogP contribution < -0.4 is 5.73 Å². The van der Waals surface area contributed by atoms with Crippen molar-refractivity contribution in [2.24, 2.45) is 17.6 Å². The molecule has 0 unspecified atom stereocenters. The summed E-state index contributed by atoms with van der Waals surface area (Å²) in [5, 5.41) is 11.9. The summed E-state index contributed by atoms with van der Waals surface area (Å²) in [5.41, 5.74) is 7.27. The van der Waals surface area contributed by atoms with E-state index >= 15 is 0 Å². The van der Waals surface area contributed by atoms with Crippen LogP contribution in [-0.2, 0) is 27.4 Å². The Morgan fingerprint density at radius 3 is 2.00 bits per heavy atom. The van der Waals surface area contributed by atoms with Crippen LogP contribution in [0.4, 0.5) is 4.79 Å². The van der Waals surface area contributed by atoms with Crippen LogP contribution in [0.1, 0.15) is 84.3 Å². The number of carbonyl (C=O) groups excluding carboxylic acids is 3. The molecule has 3 rings (SSSR count). The molecule has 8 nitrogen and oxygen atoms in total. The summed E-state index contributed by atoms with van der Waals surface area (Å²) in [5.74, 6) is -1.39. The number of hydrogen-bond acceptors (Lipinski definition) is 6. The van der Waals surface area contributed by atoms with Gasteiger partial charge >= 0.3 is 6.09 Å². The second-order valence-corrected chi connectivity index (χ2v) is 12.7. The normalized spacial score (nSPS) is 16.4. The lowest BCUT2D eigenvalue weighted by molar-refractivity contribution is -0.164. The predicted octanol–water partition coefficient (Wildman–Crippen LogP) is 5.66. The number of hydrogen-bond donors (Lipinski definition) is 2. The summed E-state index contributed by atoms with van der Waals surface area (Å²) in [6, 6.07) is 17.8. The van der Waals surface area contributed by atoms with Gasteiger partial charge in [0.2, 0.25) is 5.91 Å². The van der Waals surface area contributed by atoms with Gasteiger partial charge in [0.1, 0.15) is 12.8 Å². The van der Waals surface area contributed by atoms with E-state index in [0.29, 0.717) is 6.42 Å². The van der Waals surface area contributed by atoms with Gasteiger partial charge in [0.15, 0.2) is 0 Å². The van der Waals surface area contributed by atoms with Crippen LogP contribution >= 0.6 is 0 Å². The molecule has 230 valence electrons. The Bertz CT molecular complexity index is 1140. The molecule has 0 aliphatic heterocycles. The van der Waals surface area contributed by atoms with Gasteiger partial charge in [-0.05, 0) is 63.5 Å². The zero-order valence-corrected chi connectivity index (χ0v) is 25.9. The van der Waals surface area contributed by atoms with E-state index in [2.05, 4.69) is 0 Å². The van der Waals surface area contributed by atoms with Crippen LogP contribution in [0.3, 0.4) is 0 Å². The third-order valence-corrected chi connectivity index (χ3v) is 8.00. The second-order valence-electron chi connectivity index (χ2n) is 12.7. The van der Waals surface area contributed by atoms with Crippen molar-refractivity contribution in [3.05, 3.63) is 71.8 Å². The quantitative estimate of drug-likeness (QED) is 0.332. The van der Waals surface area contributed by atoms with Crippen molar-refractivity contribution in [2.75, 3.05) is 0 Å². The van der Waals surface area contributed by atoms with E-state index in [1.165, 1.54) is 0 Å². The lowest BCUT2D eigenvalue weighted by Gasteiger charge is -2.48. The summed E-state index contributed by atoms with van der Waals surface area (Å²) < 4.78 is 5.68. The average Bonchev–Trinajstić information content (AvgIpc) is 2.98. The first-order chi connectivity index (χ1) is 19.9. The Kier molecular flexibility index (Phi) is 12.1. The molecule has 0 bridgehead atoms. The Balaban J connectivity index is 2.07. The van der Waals surface area contributed by atoms with Crippen molar-refractivity contribution >= 4 is 17.9 Å². The first-order valence-electron chi connectivity index (χ1n) is 15.3. The third-order valence-electron chi connectivity index (χ3n) is 8.00. The molecule has 1 fully saturated rings. The monoisotopic (exact) mass is 579 g/mol. The van der Waals surface area contributed by atoms with Crippen molar-refractivity contribution in [3.8, 4) is 0 Å². The molecule has 0 heterocycles. The van der Waals surface area contributed by atoms with E-state index in [1.54, 1.807) is 18.7 Å². The fraction of sp³-hybridized carbons (Fsp3) is 0.559. The molecule has 3 N–H and O–H groups in total. The topological polar surface area (TPSA) is 113 Å². The Labute approximate surface area is 251 Å². The number of nitrogens with two attached hydrogens (primary N) is 1. The summed E-state index contributed by atoms with van der Waals surface area (Å²) in [7, 11) is 0. The molecule has 3 atom stereocenters. The van der Waals surface area contributed by atoms with Gasteiger partial charge in [0.25, 0.3) is 5.91 Å². The minimum absolute atomic E-state index is 0.0701. The highest BCUT2D eigenvalue weighted by atomic mass is 16.6. The van der Waals surface area contributed by atoms with Crippen LogP contribution in [0.2, 0.25) is 0 Å². The van der Waals surface area contributed by atoms with Crippen LogP contribution in [0, 0.1) is 11.8 Å². The van der Waals surface area contributed by atoms with Crippen LogP contribution in [0.15, 0.2) is 60.7 Å². The third kappa shape index (κ3) is 8.88. The maximum absolute atomic E-state index is 14.3. The van der Waals surface area contributed by atoms with Crippen molar-refractivity contribution in [2.45, 2.75) is 110 Å². The molecule has 3 amide bonds. The maximum Gasteiger partial charge on any atom is 0.418 e. The average molecular weight is 580 g/mol. The smallest absolute Gasteiger partial charge is 0.418 e. The zero-order chi connectivity index (χ0) is 30.9. The minimum atomic E-state index is -1.30. The Hall–Kier alpha value is -3.23. The number of aliphatic hydroxyl groups is 1. The van der Waals surface area contributed by atoms with Crippen LogP contribution in [0.25, 0.3) is 0 Å². The van der Waals surface area contributed by atoms with Crippen molar-refractivity contribution < 1.29 is 24.2 Å². The fourth-order valence-electron chi connectivity index (χ4n) is 5.53. The minimum Gasteiger partial charge on any atom is -0.444 e. The number of benzene rings is 2. The standard InChI is InChI=1S/C34H49N3O5/c1-24(2)29(35)32(40)36(33(41)42-23-26-17-11-7-12-18-26)30(28(38)22-21-25-15-9-6-10-16-25)37(34(3,4)5)31(39)27-19-13-8-14-20-27/h6-7,9-12,15-18,24,27-30,38H,8,13-14,19-23,35H2,1-5H3/t28-,29+,30+/m1/s1. The molecular formula is C34H49N3O5. The highest BCUT2D eigenvalue weighted by Gasteiger charge is 2.48. The molecule has 1 saturated carbocycles. The first-order valence-corrected chi connectivity index (χ1v) is 15.3. The van der Waals surface area contributed by atoms with Crippen molar-refractivity contribution in [3.63, 3.8) is 0 Å². The van der Waals surface area contributed by atoms with Gasteiger partial charge in [-0.2, -0.15) is 0 Å². The highest BCUT2D eigenvalue weighted by Crippen LogP contribution is 2.32.